The van der Waals surface area contributed by atoms with Crippen molar-refractivity contribution in [3.8, 4) is 0 Å². The molecule has 92 valence electrons. The summed E-state index contributed by atoms with van der Waals surface area (Å²) in [4.78, 5) is 0.272. The van der Waals surface area contributed by atoms with E-state index in [0.29, 0.717) is 18.8 Å². The molecule has 0 fully saturated rings. The molecule has 0 spiro atoms. The number of sulfonamides is 1. The lowest BCUT2D eigenvalue weighted by Gasteiger charge is -2.16. The highest BCUT2D eigenvalue weighted by Gasteiger charge is 2.24. The van der Waals surface area contributed by atoms with Crippen LogP contribution in [-0.2, 0) is 17.1 Å². The Morgan fingerprint density at radius 1 is 1.56 bits per heavy atom. The summed E-state index contributed by atoms with van der Waals surface area (Å²) in [5.74, 6) is 0. The third-order valence-corrected chi connectivity index (χ3v) is 4.51. The smallest absolute Gasteiger partial charge is 0.246 e. The van der Waals surface area contributed by atoms with E-state index >= 15 is 0 Å². The summed E-state index contributed by atoms with van der Waals surface area (Å²) >= 11 is 0. The van der Waals surface area contributed by atoms with Crippen LogP contribution in [-0.4, -0.2) is 49.7 Å². The highest BCUT2D eigenvalue weighted by molar-refractivity contribution is 7.89. The first kappa shape index (κ1) is 13.1. The van der Waals surface area contributed by atoms with E-state index in [9.17, 15) is 8.42 Å². The molecule has 0 aliphatic heterocycles. The van der Waals surface area contributed by atoms with Crippen LogP contribution in [0.25, 0.3) is 0 Å². The zero-order valence-electron chi connectivity index (χ0n) is 10.1. The molecule has 0 aliphatic rings. The Morgan fingerprint density at radius 3 is 2.62 bits per heavy atom. The van der Waals surface area contributed by atoms with Crippen molar-refractivity contribution < 1.29 is 8.42 Å². The first-order valence-electron chi connectivity index (χ1n) is 5.00. The number of nitrogens with one attached hydrogen (secondary N) is 1. The minimum absolute atomic E-state index is 0.272. The van der Waals surface area contributed by atoms with Gasteiger partial charge >= 0.3 is 0 Å². The lowest BCUT2D eigenvalue weighted by molar-refractivity contribution is 0.465. The number of aromatic nitrogens is 2. The molecule has 0 saturated heterocycles. The highest BCUT2D eigenvalue weighted by Crippen LogP contribution is 2.17. The molecule has 0 radical (unpaired) electrons. The van der Waals surface area contributed by atoms with Crippen LogP contribution in [0.15, 0.2) is 11.1 Å². The molecule has 6 nitrogen and oxygen atoms in total. The van der Waals surface area contributed by atoms with Gasteiger partial charge < -0.3 is 5.32 Å². The van der Waals surface area contributed by atoms with Gasteiger partial charge in [0.2, 0.25) is 10.0 Å². The summed E-state index contributed by atoms with van der Waals surface area (Å²) in [7, 11) is 1.67. The maximum Gasteiger partial charge on any atom is 0.246 e. The predicted molar refractivity (Wildman–Crippen MR) is 61.7 cm³/mol. The maximum atomic E-state index is 12.1. The molecule has 0 bridgehead atoms. The highest BCUT2D eigenvalue weighted by atomic mass is 32.2. The van der Waals surface area contributed by atoms with Gasteiger partial charge in [-0.05, 0) is 14.0 Å². The van der Waals surface area contributed by atoms with E-state index in [1.165, 1.54) is 10.5 Å². The van der Waals surface area contributed by atoms with E-state index in [2.05, 4.69) is 10.4 Å². The summed E-state index contributed by atoms with van der Waals surface area (Å²) in [5, 5.41) is 6.86. The number of hydrogen-bond acceptors (Lipinski definition) is 4. The van der Waals surface area contributed by atoms with Crippen LogP contribution < -0.4 is 5.32 Å². The van der Waals surface area contributed by atoms with Crippen molar-refractivity contribution in [2.45, 2.75) is 11.8 Å². The summed E-state index contributed by atoms with van der Waals surface area (Å²) in [5.41, 5.74) is 0.649. The average molecular weight is 246 g/mol. The van der Waals surface area contributed by atoms with Gasteiger partial charge in [0.25, 0.3) is 0 Å². The first-order valence-corrected chi connectivity index (χ1v) is 6.44. The van der Waals surface area contributed by atoms with Crippen LogP contribution in [0.5, 0.6) is 0 Å². The van der Waals surface area contributed by atoms with Crippen LogP contribution in [0, 0.1) is 6.92 Å². The molecule has 1 heterocycles. The van der Waals surface area contributed by atoms with Gasteiger partial charge in [-0.2, -0.15) is 9.40 Å². The van der Waals surface area contributed by atoms with Crippen LogP contribution in [0.2, 0.25) is 0 Å². The largest absolute Gasteiger partial charge is 0.318 e. The lowest BCUT2D eigenvalue weighted by atomic mass is 10.5. The number of aryl methyl sites for hydroxylation is 1. The van der Waals surface area contributed by atoms with Crippen LogP contribution in [0.3, 0.4) is 0 Å². The first-order chi connectivity index (χ1) is 7.41. The fraction of sp³-hybridized carbons (Fsp3) is 0.667. The molecule has 0 unspecified atom stereocenters. The van der Waals surface area contributed by atoms with E-state index in [4.69, 9.17) is 0 Å². The monoisotopic (exact) mass is 246 g/mol. The molecule has 1 N–H and O–H groups in total. The molecular weight excluding hydrogens is 228 g/mol. The summed E-state index contributed by atoms with van der Waals surface area (Å²) in [6, 6.07) is 0. The summed E-state index contributed by atoms with van der Waals surface area (Å²) in [6.45, 7) is 2.80. The molecule has 0 aromatic carbocycles. The van der Waals surface area contributed by atoms with E-state index in [1.807, 2.05) is 0 Å². The summed E-state index contributed by atoms with van der Waals surface area (Å²) < 4.78 is 27.1. The van der Waals surface area contributed by atoms with Crippen LogP contribution in [0.4, 0.5) is 0 Å². The third-order valence-electron chi connectivity index (χ3n) is 2.56. The number of rotatable bonds is 5. The van der Waals surface area contributed by atoms with Gasteiger partial charge in [-0.25, -0.2) is 8.42 Å². The Labute approximate surface area is 96.3 Å². The van der Waals surface area contributed by atoms with Gasteiger partial charge in [-0.1, -0.05) is 0 Å². The van der Waals surface area contributed by atoms with E-state index in [0.717, 1.165) is 0 Å². The van der Waals surface area contributed by atoms with Crippen molar-refractivity contribution >= 4 is 10.0 Å². The minimum atomic E-state index is -3.41. The fourth-order valence-corrected chi connectivity index (χ4v) is 2.64. The second-order valence-electron chi connectivity index (χ2n) is 3.65. The Balaban J connectivity index is 2.98. The molecule has 0 amide bonds. The van der Waals surface area contributed by atoms with Gasteiger partial charge in [-0.3, -0.25) is 4.68 Å². The van der Waals surface area contributed by atoms with Crippen molar-refractivity contribution in [2.75, 3.05) is 27.2 Å². The Bertz CT molecular complexity index is 452. The maximum absolute atomic E-state index is 12.1. The molecule has 1 aromatic heterocycles. The zero-order valence-corrected chi connectivity index (χ0v) is 10.9. The molecule has 0 aliphatic carbocycles. The SMILES string of the molecule is CNCCN(C)S(=O)(=O)c1cnn(C)c1C. The van der Waals surface area contributed by atoms with Crippen molar-refractivity contribution in [3.05, 3.63) is 11.9 Å². The quantitative estimate of drug-likeness (QED) is 0.765. The molecule has 0 atom stereocenters. The van der Waals surface area contributed by atoms with E-state index in [-0.39, 0.29) is 4.90 Å². The van der Waals surface area contributed by atoms with Crippen LogP contribution in [0.1, 0.15) is 5.69 Å². The molecule has 16 heavy (non-hydrogen) atoms. The normalized spacial score (nSPS) is 12.3. The third kappa shape index (κ3) is 2.42. The van der Waals surface area contributed by atoms with Gasteiger partial charge in [-0.15, -0.1) is 0 Å². The Hall–Kier alpha value is -0.920. The van der Waals surface area contributed by atoms with Gasteiger partial charge in [0, 0.05) is 27.2 Å². The molecule has 1 rings (SSSR count). The molecular formula is C9H18N4O2S. The van der Waals surface area contributed by atoms with Gasteiger partial charge in [0.15, 0.2) is 0 Å². The number of nitrogens with zero attached hydrogens (tertiary/aromatic N) is 3. The molecule has 1 aromatic rings. The summed E-state index contributed by atoms with van der Waals surface area (Å²) in [6.07, 6.45) is 1.39. The zero-order chi connectivity index (χ0) is 12.3. The second kappa shape index (κ2) is 4.94. The van der Waals surface area contributed by atoms with Gasteiger partial charge in [0.1, 0.15) is 4.90 Å². The van der Waals surface area contributed by atoms with Gasteiger partial charge in [0.05, 0.1) is 11.9 Å². The standard InChI is InChI=1S/C9H18N4O2S/c1-8-9(7-11-13(8)4)16(14,15)12(3)6-5-10-2/h7,10H,5-6H2,1-4H3. The van der Waals surface area contributed by atoms with Crippen molar-refractivity contribution in [3.63, 3.8) is 0 Å². The Kier molecular flexibility index (Phi) is 4.06. The topological polar surface area (TPSA) is 67.2 Å². The van der Waals surface area contributed by atoms with Crippen molar-refractivity contribution in [2.24, 2.45) is 7.05 Å². The molecule has 0 saturated carbocycles. The van der Waals surface area contributed by atoms with E-state index in [1.54, 1.807) is 32.7 Å². The lowest BCUT2D eigenvalue weighted by Crippen LogP contribution is -2.33. The minimum Gasteiger partial charge on any atom is -0.318 e. The second-order valence-corrected chi connectivity index (χ2v) is 5.66. The van der Waals surface area contributed by atoms with Crippen LogP contribution >= 0.6 is 0 Å². The van der Waals surface area contributed by atoms with E-state index < -0.39 is 10.0 Å². The average Bonchev–Trinajstić information content (AvgIpc) is 2.56. The number of likely N-dealkylation sites (N-methyl/N-ethyl adjacent to an activating group) is 2. The van der Waals surface area contributed by atoms with Crippen molar-refractivity contribution in [1.29, 1.82) is 0 Å². The Morgan fingerprint density at radius 2 is 2.19 bits per heavy atom. The van der Waals surface area contributed by atoms with Crippen molar-refractivity contribution in [1.82, 2.24) is 19.4 Å². The fourth-order valence-electron chi connectivity index (χ4n) is 1.29. The molecule has 7 heteroatoms. The predicted octanol–water partition coefficient (Wildman–Crippen LogP) is -0.432. The number of hydrogen-bond donors (Lipinski definition) is 1.